The van der Waals surface area contributed by atoms with Crippen molar-refractivity contribution in [1.82, 2.24) is 5.32 Å². The minimum Gasteiger partial charge on any atom is -0.342 e. The van der Waals surface area contributed by atoms with Crippen molar-refractivity contribution in [3.8, 4) is 0 Å². The van der Waals surface area contributed by atoms with E-state index in [1.807, 2.05) is 48.5 Å². The summed E-state index contributed by atoms with van der Waals surface area (Å²) in [5.74, 6) is -0.194. The SMILES string of the molecule is O=C(N[C@H](c1ccccc1)C(Cl)Cl)c1ccccc1. The van der Waals surface area contributed by atoms with Gasteiger partial charge in [0.2, 0.25) is 0 Å². The molecule has 0 aromatic heterocycles. The Morgan fingerprint density at radius 1 is 0.895 bits per heavy atom. The van der Waals surface area contributed by atoms with E-state index in [9.17, 15) is 4.79 Å². The first-order valence-electron chi connectivity index (χ1n) is 5.87. The van der Waals surface area contributed by atoms with Crippen molar-refractivity contribution in [2.75, 3.05) is 0 Å². The molecule has 0 saturated carbocycles. The monoisotopic (exact) mass is 293 g/mol. The number of carbonyl (C=O) groups excluding carboxylic acids is 1. The average Bonchev–Trinajstić information content (AvgIpc) is 2.46. The van der Waals surface area contributed by atoms with Crippen LogP contribution in [0.25, 0.3) is 0 Å². The highest BCUT2D eigenvalue weighted by Crippen LogP contribution is 2.24. The van der Waals surface area contributed by atoms with Crippen LogP contribution in [0.15, 0.2) is 60.7 Å². The first-order chi connectivity index (χ1) is 9.18. The Bertz CT molecular complexity index is 528. The lowest BCUT2D eigenvalue weighted by atomic mass is 10.1. The normalized spacial score (nSPS) is 12.2. The van der Waals surface area contributed by atoms with Gasteiger partial charge in [0.15, 0.2) is 0 Å². The fraction of sp³-hybridized carbons (Fsp3) is 0.133. The summed E-state index contributed by atoms with van der Waals surface area (Å²) in [7, 11) is 0. The van der Waals surface area contributed by atoms with Crippen LogP contribution >= 0.6 is 23.2 Å². The largest absolute Gasteiger partial charge is 0.342 e. The zero-order chi connectivity index (χ0) is 13.7. The van der Waals surface area contributed by atoms with Gasteiger partial charge in [0, 0.05) is 5.56 Å². The lowest BCUT2D eigenvalue weighted by molar-refractivity contribution is 0.0939. The maximum Gasteiger partial charge on any atom is 0.251 e. The lowest BCUT2D eigenvalue weighted by Crippen LogP contribution is -2.32. The van der Waals surface area contributed by atoms with Crippen LogP contribution in [0.4, 0.5) is 0 Å². The van der Waals surface area contributed by atoms with E-state index in [1.165, 1.54) is 0 Å². The Labute approximate surface area is 122 Å². The molecule has 1 N–H and O–H groups in total. The van der Waals surface area contributed by atoms with Gasteiger partial charge < -0.3 is 5.32 Å². The summed E-state index contributed by atoms with van der Waals surface area (Å²) >= 11 is 11.9. The highest BCUT2D eigenvalue weighted by Gasteiger charge is 2.21. The summed E-state index contributed by atoms with van der Waals surface area (Å²) in [5, 5.41) is 2.85. The van der Waals surface area contributed by atoms with Crippen molar-refractivity contribution in [1.29, 1.82) is 0 Å². The van der Waals surface area contributed by atoms with Crippen molar-refractivity contribution < 1.29 is 4.79 Å². The number of nitrogens with one attached hydrogen (secondary N) is 1. The quantitative estimate of drug-likeness (QED) is 0.850. The molecule has 0 radical (unpaired) electrons. The van der Waals surface area contributed by atoms with Crippen LogP contribution in [-0.2, 0) is 0 Å². The Kier molecular flexibility index (Phi) is 4.83. The molecular formula is C15H13Cl2NO. The molecule has 4 heteroatoms. The first-order valence-corrected chi connectivity index (χ1v) is 6.75. The van der Waals surface area contributed by atoms with Crippen molar-refractivity contribution in [3.05, 3.63) is 71.8 Å². The number of alkyl halides is 2. The first kappa shape index (κ1) is 13.9. The zero-order valence-corrected chi connectivity index (χ0v) is 11.6. The molecule has 1 atom stereocenters. The third kappa shape index (κ3) is 3.72. The van der Waals surface area contributed by atoms with Crippen molar-refractivity contribution >= 4 is 29.1 Å². The van der Waals surface area contributed by atoms with Crippen molar-refractivity contribution in [2.45, 2.75) is 10.9 Å². The van der Waals surface area contributed by atoms with Crippen LogP contribution in [0, 0.1) is 0 Å². The topological polar surface area (TPSA) is 29.1 Å². The molecule has 0 saturated heterocycles. The molecule has 0 unspecified atom stereocenters. The van der Waals surface area contributed by atoms with E-state index in [0.29, 0.717) is 5.56 Å². The molecule has 2 aromatic rings. The lowest BCUT2D eigenvalue weighted by Gasteiger charge is -2.20. The molecule has 0 aliphatic rings. The summed E-state index contributed by atoms with van der Waals surface area (Å²) < 4.78 is 0. The molecule has 0 spiro atoms. The van der Waals surface area contributed by atoms with Gasteiger partial charge in [-0.15, -0.1) is 23.2 Å². The number of halogens is 2. The van der Waals surface area contributed by atoms with E-state index in [-0.39, 0.29) is 5.91 Å². The van der Waals surface area contributed by atoms with Gasteiger partial charge in [-0.2, -0.15) is 0 Å². The van der Waals surface area contributed by atoms with Crippen LogP contribution in [0.2, 0.25) is 0 Å². The minimum absolute atomic E-state index is 0.194. The number of carbonyl (C=O) groups is 1. The van der Waals surface area contributed by atoms with Crippen LogP contribution in [-0.4, -0.2) is 10.7 Å². The van der Waals surface area contributed by atoms with Gasteiger partial charge in [-0.05, 0) is 17.7 Å². The maximum atomic E-state index is 12.1. The molecule has 0 bridgehead atoms. The van der Waals surface area contributed by atoms with Crippen LogP contribution < -0.4 is 5.32 Å². The molecule has 0 fully saturated rings. The van der Waals surface area contributed by atoms with Crippen LogP contribution in [0.5, 0.6) is 0 Å². The van der Waals surface area contributed by atoms with Crippen molar-refractivity contribution in [2.24, 2.45) is 0 Å². The molecule has 0 heterocycles. The third-order valence-electron chi connectivity index (χ3n) is 2.73. The van der Waals surface area contributed by atoms with E-state index in [1.54, 1.807) is 12.1 Å². The molecule has 1 amide bonds. The number of amides is 1. The Hall–Kier alpha value is -1.51. The second kappa shape index (κ2) is 6.60. The Morgan fingerprint density at radius 2 is 1.42 bits per heavy atom. The van der Waals surface area contributed by atoms with Crippen LogP contribution in [0.1, 0.15) is 22.0 Å². The number of hydrogen-bond acceptors (Lipinski definition) is 1. The number of benzene rings is 2. The fourth-order valence-corrected chi connectivity index (χ4v) is 2.18. The predicted molar refractivity (Wildman–Crippen MR) is 78.6 cm³/mol. The fourth-order valence-electron chi connectivity index (χ4n) is 1.77. The summed E-state index contributed by atoms with van der Waals surface area (Å²) in [5.41, 5.74) is 1.46. The smallest absolute Gasteiger partial charge is 0.251 e. The van der Waals surface area contributed by atoms with Gasteiger partial charge in [0.05, 0.1) is 6.04 Å². The summed E-state index contributed by atoms with van der Waals surface area (Å²) in [6.07, 6.45) is 0. The highest BCUT2D eigenvalue weighted by atomic mass is 35.5. The molecular weight excluding hydrogens is 281 g/mol. The molecule has 2 rings (SSSR count). The van der Waals surface area contributed by atoms with Gasteiger partial charge in [0.25, 0.3) is 5.91 Å². The number of hydrogen-bond donors (Lipinski definition) is 1. The third-order valence-corrected chi connectivity index (χ3v) is 3.24. The standard InChI is InChI=1S/C15H13Cl2NO/c16-14(17)13(11-7-3-1-4-8-11)18-15(19)12-9-5-2-6-10-12/h1-10,13-14H,(H,18,19)/t13-/m1/s1. The molecule has 0 aliphatic carbocycles. The van der Waals surface area contributed by atoms with Crippen molar-refractivity contribution in [3.63, 3.8) is 0 Å². The maximum absolute atomic E-state index is 12.1. The van der Waals surface area contributed by atoms with Gasteiger partial charge in [-0.1, -0.05) is 48.5 Å². The zero-order valence-electron chi connectivity index (χ0n) is 10.1. The minimum atomic E-state index is -0.713. The summed E-state index contributed by atoms with van der Waals surface area (Å²) in [6.45, 7) is 0. The summed E-state index contributed by atoms with van der Waals surface area (Å²) in [6, 6.07) is 18.0. The van der Waals surface area contributed by atoms with Crippen LogP contribution in [0.3, 0.4) is 0 Å². The molecule has 98 valence electrons. The Morgan fingerprint density at radius 3 is 1.95 bits per heavy atom. The average molecular weight is 294 g/mol. The van der Waals surface area contributed by atoms with E-state index in [4.69, 9.17) is 23.2 Å². The van der Waals surface area contributed by atoms with E-state index >= 15 is 0 Å². The second-order valence-electron chi connectivity index (χ2n) is 4.06. The predicted octanol–water partition coefficient (Wildman–Crippen LogP) is 3.96. The van der Waals surface area contributed by atoms with Gasteiger partial charge >= 0.3 is 0 Å². The second-order valence-corrected chi connectivity index (χ2v) is 5.23. The Balaban J connectivity index is 2.17. The molecule has 19 heavy (non-hydrogen) atoms. The van der Waals surface area contributed by atoms with E-state index in [2.05, 4.69) is 5.32 Å². The van der Waals surface area contributed by atoms with Gasteiger partial charge in [-0.25, -0.2) is 0 Å². The number of rotatable bonds is 4. The summed E-state index contributed by atoms with van der Waals surface area (Å²) in [4.78, 5) is 11.4. The highest BCUT2D eigenvalue weighted by molar-refractivity contribution is 6.44. The van der Waals surface area contributed by atoms with Gasteiger partial charge in [-0.3, -0.25) is 4.79 Å². The van der Waals surface area contributed by atoms with E-state index in [0.717, 1.165) is 5.56 Å². The molecule has 2 nitrogen and oxygen atoms in total. The molecule has 2 aromatic carbocycles. The van der Waals surface area contributed by atoms with Gasteiger partial charge in [0.1, 0.15) is 4.84 Å². The van der Waals surface area contributed by atoms with E-state index < -0.39 is 10.9 Å². The molecule has 0 aliphatic heterocycles.